The molecular weight excluding hydrogens is 306 g/mol. The fourth-order valence-electron chi connectivity index (χ4n) is 1.30. The maximum absolute atomic E-state index is 11.3. The van der Waals surface area contributed by atoms with Crippen LogP contribution in [0.1, 0.15) is 13.3 Å². The van der Waals surface area contributed by atoms with Gasteiger partial charge in [-0.05, 0) is 26.7 Å². The van der Waals surface area contributed by atoms with Gasteiger partial charge in [-0.25, -0.2) is 13.2 Å². The summed E-state index contributed by atoms with van der Waals surface area (Å²) in [5, 5.41) is 12.4. The Morgan fingerprint density at radius 2 is 2.30 bits per heavy atom. The van der Waals surface area contributed by atoms with Crippen molar-refractivity contribution in [3.05, 3.63) is 11.4 Å². The largest absolute Gasteiger partial charge is 0.334 e. The van der Waals surface area contributed by atoms with E-state index >= 15 is 0 Å². The first-order chi connectivity index (χ1) is 9.40. The van der Waals surface area contributed by atoms with Gasteiger partial charge in [0.2, 0.25) is 15.8 Å². The van der Waals surface area contributed by atoms with Crippen molar-refractivity contribution in [3.8, 4) is 10.7 Å². The molecule has 9 nitrogen and oxygen atoms in total. The molecule has 1 N–H and O–H groups in total. The number of tetrazole rings is 1. The monoisotopic (exact) mass is 317 g/mol. The number of thiophene rings is 1. The number of hydrogen-bond acceptors (Lipinski definition) is 8. The minimum Gasteiger partial charge on any atom is -0.316 e. The van der Waals surface area contributed by atoms with E-state index in [1.54, 1.807) is 18.4 Å². The average molecular weight is 317 g/mol. The van der Waals surface area contributed by atoms with Gasteiger partial charge in [0, 0.05) is 6.42 Å². The Morgan fingerprint density at radius 3 is 2.95 bits per heavy atom. The Bertz CT molecular complexity index is 720. The summed E-state index contributed by atoms with van der Waals surface area (Å²) in [5.41, 5.74) is 0.320. The van der Waals surface area contributed by atoms with E-state index in [2.05, 4.69) is 20.2 Å². The Hall–Kier alpha value is -2.01. The summed E-state index contributed by atoms with van der Waals surface area (Å²) in [6, 6.07) is 1.57. The standard InChI is InChI=1S/C9H11N5O4S2/c1-3-7(15)18-14-9(10-12-13-14)8-6(4-5-19-8)11-20(2,16)17/h4-5,11H,3H2,1-2H3. The van der Waals surface area contributed by atoms with Gasteiger partial charge in [0.25, 0.3) is 0 Å². The van der Waals surface area contributed by atoms with Crippen molar-refractivity contribution in [2.75, 3.05) is 11.0 Å². The molecule has 0 aliphatic carbocycles. The molecule has 0 bridgehead atoms. The third kappa shape index (κ3) is 3.30. The van der Waals surface area contributed by atoms with E-state index < -0.39 is 16.0 Å². The fraction of sp³-hybridized carbons (Fsp3) is 0.333. The van der Waals surface area contributed by atoms with Crippen LogP contribution in [0.5, 0.6) is 0 Å². The first-order valence-electron chi connectivity index (χ1n) is 5.46. The predicted molar refractivity (Wildman–Crippen MR) is 71.5 cm³/mol. The second-order valence-electron chi connectivity index (χ2n) is 3.73. The number of carbonyl (C=O) groups is 1. The smallest absolute Gasteiger partial charge is 0.316 e. The topological polar surface area (TPSA) is 116 Å². The van der Waals surface area contributed by atoms with Gasteiger partial charge in [-0.15, -0.1) is 16.4 Å². The first-order valence-corrected chi connectivity index (χ1v) is 8.23. The Labute approximate surface area is 118 Å². The van der Waals surface area contributed by atoms with Crippen LogP contribution in [-0.2, 0) is 14.8 Å². The predicted octanol–water partition coefficient (Wildman–Crippen LogP) is 0.138. The average Bonchev–Trinajstić information content (AvgIpc) is 2.95. The highest BCUT2D eigenvalue weighted by Crippen LogP contribution is 2.32. The van der Waals surface area contributed by atoms with E-state index in [1.807, 2.05) is 0 Å². The van der Waals surface area contributed by atoms with Crippen molar-refractivity contribution in [3.63, 3.8) is 0 Å². The second-order valence-corrected chi connectivity index (χ2v) is 6.39. The van der Waals surface area contributed by atoms with Crippen LogP contribution in [0.3, 0.4) is 0 Å². The normalized spacial score (nSPS) is 11.3. The summed E-state index contributed by atoms with van der Waals surface area (Å²) in [4.78, 5) is 17.5. The van der Waals surface area contributed by atoms with Crippen LogP contribution in [0, 0.1) is 0 Å². The number of nitrogens with one attached hydrogen (secondary N) is 1. The molecular formula is C9H11N5O4S2. The van der Waals surface area contributed by atoms with Crippen molar-refractivity contribution in [2.45, 2.75) is 13.3 Å². The molecule has 0 aliphatic heterocycles. The molecule has 0 atom stereocenters. The number of rotatable bonds is 5. The van der Waals surface area contributed by atoms with E-state index in [1.165, 1.54) is 11.3 Å². The third-order valence-electron chi connectivity index (χ3n) is 2.08. The van der Waals surface area contributed by atoms with Gasteiger partial charge in [-0.2, -0.15) is 0 Å². The van der Waals surface area contributed by atoms with Crippen molar-refractivity contribution < 1.29 is 18.0 Å². The van der Waals surface area contributed by atoms with Crippen LogP contribution in [0.4, 0.5) is 5.69 Å². The Kier molecular flexibility index (Phi) is 3.99. The molecule has 0 aliphatic rings. The van der Waals surface area contributed by atoms with Gasteiger partial charge in [-0.1, -0.05) is 6.92 Å². The minimum absolute atomic E-state index is 0.146. The summed E-state index contributed by atoms with van der Waals surface area (Å²) >= 11 is 1.22. The number of nitrogens with zero attached hydrogens (tertiary/aromatic N) is 4. The van der Waals surface area contributed by atoms with Gasteiger partial charge < -0.3 is 4.84 Å². The van der Waals surface area contributed by atoms with E-state index in [-0.39, 0.29) is 12.2 Å². The van der Waals surface area contributed by atoms with E-state index in [0.29, 0.717) is 10.6 Å². The Balaban J connectivity index is 2.36. The molecule has 0 fully saturated rings. The lowest BCUT2D eigenvalue weighted by atomic mass is 10.4. The number of sulfonamides is 1. The molecule has 20 heavy (non-hydrogen) atoms. The maximum atomic E-state index is 11.3. The van der Waals surface area contributed by atoms with Gasteiger partial charge in [0.05, 0.1) is 11.9 Å². The molecule has 2 aromatic heterocycles. The van der Waals surface area contributed by atoms with E-state index in [4.69, 9.17) is 4.84 Å². The molecule has 0 saturated heterocycles. The van der Waals surface area contributed by atoms with Crippen molar-refractivity contribution in [1.82, 2.24) is 20.4 Å². The molecule has 0 amide bonds. The highest BCUT2D eigenvalue weighted by molar-refractivity contribution is 7.92. The zero-order valence-corrected chi connectivity index (χ0v) is 12.2. The van der Waals surface area contributed by atoms with Crippen LogP contribution in [0.2, 0.25) is 0 Å². The molecule has 0 radical (unpaired) electrons. The lowest BCUT2D eigenvalue weighted by Crippen LogP contribution is -2.21. The van der Waals surface area contributed by atoms with Gasteiger partial charge >= 0.3 is 5.97 Å². The molecule has 2 aromatic rings. The van der Waals surface area contributed by atoms with Gasteiger partial charge in [0.15, 0.2) is 0 Å². The highest BCUT2D eigenvalue weighted by Gasteiger charge is 2.19. The van der Waals surface area contributed by atoms with Crippen LogP contribution >= 0.6 is 11.3 Å². The van der Waals surface area contributed by atoms with Crippen LogP contribution in [0.15, 0.2) is 11.4 Å². The van der Waals surface area contributed by atoms with Crippen LogP contribution in [-0.4, -0.2) is 41.0 Å². The molecule has 2 heterocycles. The molecule has 0 unspecified atom stereocenters. The Morgan fingerprint density at radius 1 is 1.55 bits per heavy atom. The van der Waals surface area contributed by atoms with Crippen molar-refractivity contribution in [2.24, 2.45) is 0 Å². The molecule has 2 rings (SSSR count). The molecule has 0 saturated carbocycles. The summed E-state index contributed by atoms with van der Waals surface area (Å²) in [6.45, 7) is 1.63. The zero-order valence-electron chi connectivity index (χ0n) is 10.6. The van der Waals surface area contributed by atoms with Crippen molar-refractivity contribution in [1.29, 1.82) is 0 Å². The summed E-state index contributed by atoms with van der Waals surface area (Å²) in [7, 11) is -3.43. The SMILES string of the molecule is CCC(=O)On1nnnc1-c1sccc1NS(C)(=O)=O. The number of anilines is 1. The summed E-state index contributed by atoms with van der Waals surface area (Å²) in [6.07, 6.45) is 1.20. The van der Waals surface area contributed by atoms with Gasteiger partial charge in [-0.3, -0.25) is 4.72 Å². The van der Waals surface area contributed by atoms with E-state index in [0.717, 1.165) is 11.1 Å². The lowest BCUT2D eigenvalue weighted by Gasteiger charge is -2.05. The second kappa shape index (κ2) is 5.54. The quantitative estimate of drug-likeness (QED) is 0.779. The summed E-state index contributed by atoms with van der Waals surface area (Å²) < 4.78 is 24.9. The highest BCUT2D eigenvalue weighted by atomic mass is 32.2. The molecule has 108 valence electrons. The maximum Gasteiger partial charge on any atom is 0.334 e. The van der Waals surface area contributed by atoms with E-state index in [9.17, 15) is 13.2 Å². The summed E-state index contributed by atoms with van der Waals surface area (Å²) in [5.74, 6) is -0.360. The number of aromatic nitrogens is 4. The van der Waals surface area contributed by atoms with Crippen LogP contribution in [0.25, 0.3) is 10.7 Å². The molecule has 11 heteroatoms. The van der Waals surface area contributed by atoms with Crippen LogP contribution < -0.4 is 9.56 Å². The lowest BCUT2D eigenvalue weighted by molar-refractivity contribution is -0.145. The minimum atomic E-state index is -3.43. The zero-order chi connectivity index (χ0) is 14.8. The number of hydrogen-bond donors (Lipinski definition) is 1. The molecule has 0 spiro atoms. The third-order valence-corrected chi connectivity index (χ3v) is 3.58. The molecule has 0 aromatic carbocycles. The number of carbonyl (C=O) groups excluding carboxylic acids is 1. The fourth-order valence-corrected chi connectivity index (χ4v) is 2.74. The first kappa shape index (κ1) is 14.4. The van der Waals surface area contributed by atoms with Crippen molar-refractivity contribution >= 4 is 33.0 Å². The van der Waals surface area contributed by atoms with Gasteiger partial charge in [0.1, 0.15) is 4.88 Å².